The summed E-state index contributed by atoms with van der Waals surface area (Å²) >= 11 is 0. The van der Waals surface area contributed by atoms with Gasteiger partial charge in [-0.25, -0.2) is 0 Å². The molecule has 0 bridgehead atoms. The Hall–Kier alpha value is -0.720. The molecule has 3 fully saturated rings. The molecule has 1 nitrogen and oxygen atoms in total. The highest BCUT2D eigenvalue weighted by Crippen LogP contribution is 2.40. The molecule has 1 heteroatoms. The van der Waals surface area contributed by atoms with Crippen LogP contribution in [0.5, 0.6) is 0 Å². The van der Waals surface area contributed by atoms with Crippen molar-refractivity contribution in [1.82, 2.24) is 0 Å². The van der Waals surface area contributed by atoms with E-state index in [9.17, 15) is 0 Å². The molecule has 0 saturated heterocycles. The maximum Gasteiger partial charge on any atom is 0.104 e. The summed E-state index contributed by atoms with van der Waals surface area (Å²) in [5.41, 5.74) is 0. The molecule has 4 unspecified atom stereocenters. The van der Waals surface area contributed by atoms with Gasteiger partial charge in [0.1, 0.15) is 11.5 Å². The first-order valence-corrected chi connectivity index (χ1v) is 13.8. The fourth-order valence-corrected chi connectivity index (χ4v) is 7.30. The highest BCUT2D eigenvalue weighted by molar-refractivity contribution is 5.09. The van der Waals surface area contributed by atoms with Crippen LogP contribution >= 0.6 is 0 Å². The third kappa shape index (κ3) is 6.39. The van der Waals surface area contributed by atoms with Crippen LogP contribution in [0.25, 0.3) is 0 Å². The lowest BCUT2D eigenvalue weighted by Gasteiger charge is -2.34. The second kappa shape index (κ2) is 11.2. The van der Waals surface area contributed by atoms with Crippen molar-refractivity contribution in [2.24, 2.45) is 35.5 Å². The first kappa shape index (κ1) is 22.5. The van der Waals surface area contributed by atoms with E-state index in [1.807, 2.05) is 0 Å². The van der Waals surface area contributed by atoms with Gasteiger partial charge in [-0.15, -0.1) is 0 Å². The summed E-state index contributed by atoms with van der Waals surface area (Å²) in [6, 6.07) is 4.60. The van der Waals surface area contributed by atoms with E-state index in [0.29, 0.717) is 0 Å². The van der Waals surface area contributed by atoms with Gasteiger partial charge in [0.25, 0.3) is 0 Å². The molecule has 4 rings (SSSR count). The fourth-order valence-electron chi connectivity index (χ4n) is 7.30. The van der Waals surface area contributed by atoms with Crippen LogP contribution in [0.2, 0.25) is 0 Å². The molecule has 3 aliphatic rings. The summed E-state index contributed by atoms with van der Waals surface area (Å²) in [5, 5.41) is 0. The quantitative estimate of drug-likeness (QED) is 0.415. The van der Waals surface area contributed by atoms with Crippen LogP contribution in [0.4, 0.5) is 0 Å². The van der Waals surface area contributed by atoms with Crippen LogP contribution in [0.15, 0.2) is 16.5 Å². The third-order valence-corrected chi connectivity index (χ3v) is 9.27. The molecule has 0 spiro atoms. The van der Waals surface area contributed by atoms with Gasteiger partial charge in [-0.3, -0.25) is 0 Å². The molecule has 1 heterocycles. The van der Waals surface area contributed by atoms with Crippen molar-refractivity contribution in [3.8, 4) is 0 Å². The van der Waals surface area contributed by atoms with Crippen molar-refractivity contribution >= 4 is 0 Å². The number of hydrogen-bond acceptors (Lipinski definition) is 1. The van der Waals surface area contributed by atoms with Crippen molar-refractivity contribution in [2.75, 3.05) is 0 Å². The lowest BCUT2D eigenvalue weighted by molar-refractivity contribution is 0.181. The molecule has 1 aromatic heterocycles. The lowest BCUT2D eigenvalue weighted by Crippen LogP contribution is -2.22. The van der Waals surface area contributed by atoms with Gasteiger partial charge in [0.15, 0.2) is 0 Å². The van der Waals surface area contributed by atoms with E-state index >= 15 is 0 Å². The predicted molar refractivity (Wildman–Crippen MR) is 128 cm³/mol. The van der Waals surface area contributed by atoms with E-state index in [4.69, 9.17) is 4.42 Å². The van der Waals surface area contributed by atoms with Crippen molar-refractivity contribution in [3.05, 3.63) is 23.7 Å². The molecular formula is C29H48O. The minimum atomic E-state index is 0.866. The first-order chi connectivity index (χ1) is 14.7. The minimum Gasteiger partial charge on any atom is -0.466 e. The van der Waals surface area contributed by atoms with E-state index in [1.165, 1.54) is 121 Å². The Bertz CT molecular complexity index is 608. The van der Waals surface area contributed by atoms with E-state index in [0.717, 1.165) is 35.5 Å². The van der Waals surface area contributed by atoms with Gasteiger partial charge in [-0.2, -0.15) is 0 Å². The van der Waals surface area contributed by atoms with Gasteiger partial charge < -0.3 is 4.42 Å². The van der Waals surface area contributed by atoms with Gasteiger partial charge >= 0.3 is 0 Å². The van der Waals surface area contributed by atoms with Crippen molar-refractivity contribution in [1.29, 1.82) is 0 Å². The Balaban J connectivity index is 1.17. The largest absolute Gasteiger partial charge is 0.466 e. The summed E-state index contributed by atoms with van der Waals surface area (Å²) in [6.07, 6.45) is 24.3. The molecule has 170 valence electrons. The monoisotopic (exact) mass is 412 g/mol. The highest BCUT2D eigenvalue weighted by atomic mass is 16.3. The average molecular weight is 413 g/mol. The van der Waals surface area contributed by atoms with Crippen LogP contribution in [-0.4, -0.2) is 0 Å². The molecule has 0 aromatic carbocycles. The Morgan fingerprint density at radius 3 is 1.73 bits per heavy atom. The normalized spacial score (nSPS) is 35.4. The average Bonchev–Trinajstić information content (AvgIpc) is 3.22. The number of hydrogen-bond donors (Lipinski definition) is 0. The Kier molecular flexibility index (Phi) is 8.42. The van der Waals surface area contributed by atoms with Gasteiger partial charge in [-0.1, -0.05) is 71.6 Å². The maximum atomic E-state index is 6.33. The molecule has 0 amide bonds. The lowest BCUT2D eigenvalue weighted by atomic mass is 9.72. The SMILES string of the molecule is CCC1CCCC(Cc2ccc(CC3CCC(CC4CCCC(CC)C4)CC3)o2)C1. The fraction of sp³-hybridized carbons (Fsp3) is 0.862. The minimum absolute atomic E-state index is 0.866. The zero-order valence-electron chi connectivity index (χ0n) is 20.0. The Labute approximate surface area is 186 Å². The van der Waals surface area contributed by atoms with Crippen LogP contribution in [0, 0.1) is 35.5 Å². The highest BCUT2D eigenvalue weighted by Gasteiger charge is 2.28. The predicted octanol–water partition coefficient (Wildman–Crippen LogP) is 8.99. The summed E-state index contributed by atoms with van der Waals surface area (Å²) < 4.78 is 6.33. The second-order valence-electron chi connectivity index (χ2n) is 11.5. The van der Waals surface area contributed by atoms with Crippen molar-refractivity contribution in [3.63, 3.8) is 0 Å². The zero-order valence-corrected chi connectivity index (χ0v) is 20.0. The van der Waals surface area contributed by atoms with Gasteiger partial charge in [-0.05, 0) is 86.2 Å². The topological polar surface area (TPSA) is 13.1 Å². The Morgan fingerprint density at radius 2 is 1.10 bits per heavy atom. The van der Waals surface area contributed by atoms with E-state index < -0.39 is 0 Å². The molecule has 3 aliphatic carbocycles. The summed E-state index contributed by atoms with van der Waals surface area (Å²) in [7, 11) is 0. The molecule has 4 atom stereocenters. The van der Waals surface area contributed by atoms with Crippen LogP contribution in [0.3, 0.4) is 0 Å². The molecule has 0 radical (unpaired) electrons. The third-order valence-electron chi connectivity index (χ3n) is 9.27. The summed E-state index contributed by atoms with van der Waals surface area (Å²) in [6.45, 7) is 4.76. The molecule has 1 aromatic rings. The smallest absolute Gasteiger partial charge is 0.104 e. The van der Waals surface area contributed by atoms with Crippen LogP contribution in [-0.2, 0) is 12.8 Å². The zero-order chi connectivity index (χ0) is 20.8. The van der Waals surface area contributed by atoms with E-state index in [1.54, 1.807) is 0 Å². The van der Waals surface area contributed by atoms with Crippen LogP contribution < -0.4 is 0 Å². The first-order valence-electron chi connectivity index (χ1n) is 13.8. The second-order valence-corrected chi connectivity index (χ2v) is 11.5. The molecule has 30 heavy (non-hydrogen) atoms. The molecular weight excluding hydrogens is 364 g/mol. The van der Waals surface area contributed by atoms with Gasteiger partial charge in [0, 0.05) is 12.8 Å². The van der Waals surface area contributed by atoms with Gasteiger partial charge in [0.2, 0.25) is 0 Å². The van der Waals surface area contributed by atoms with Crippen molar-refractivity contribution < 1.29 is 4.42 Å². The van der Waals surface area contributed by atoms with Crippen molar-refractivity contribution in [2.45, 2.75) is 123 Å². The maximum absolute atomic E-state index is 6.33. The van der Waals surface area contributed by atoms with E-state index in [-0.39, 0.29) is 0 Å². The summed E-state index contributed by atoms with van der Waals surface area (Å²) in [4.78, 5) is 0. The number of furan rings is 1. The molecule has 0 aliphatic heterocycles. The van der Waals surface area contributed by atoms with Crippen LogP contribution in [0.1, 0.15) is 122 Å². The summed E-state index contributed by atoms with van der Waals surface area (Å²) in [5.74, 6) is 8.35. The van der Waals surface area contributed by atoms with E-state index in [2.05, 4.69) is 26.0 Å². The Morgan fingerprint density at radius 1 is 0.600 bits per heavy atom. The molecule has 0 N–H and O–H groups in total. The number of rotatable bonds is 8. The standard InChI is InChI=1S/C29H48O/c1-3-22-7-5-9-26(17-22)19-24-11-13-25(14-12-24)20-28-15-16-29(30-28)21-27-10-6-8-23(4-2)18-27/h15-16,22-27H,3-14,17-21H2,1-2H3. The van der Waals surface area contributed by atoms with Gasteiger partial charge in [0.05, 0.1) is 0 Å². The molecule has 3 saturated carbocycles.